The Morgan fingerprint density at radius 3 is 2.67 bits per heavy atom. The van der Waals surface area contributed by atoms with Crippen molar-refractivity contribution in [1.82, 2.24) is 5.16 Å². The van der Waals surface area contributed by atoms with Crippen LogP contribution in [0.15, 0.2) is 22.9 Å². The maximum absolute atomic E-state index is 5.00. The van der Waals surface area contributed by atoms with E-state index in [1.807, 2.05) is 17.4 Å². The molecule has 2 aromatic heterocycles. The van der Waals surface area contributed by atoms with Crippen LogP contribution in [0.3, 0.4) is 0 Å². The minimum absolute atomic E-state index is 0.130. The monoisotopic (exact) mass is 261 g/mol. The van der Waals surface area contributed by atoms with E-state index in [1.165, 1.54) is 15.3 Å². The molecule has 0 amide bonds. The molecule has 0 radical (unpaired) electrons. The molecule has 3 rings (SSSR count). The molecule has 0 aliphatic heterocycles. The zero-order valence-electron chi connectivity index (χ0n) is 11.4. The number of rotatable bonds is 1. The molecule has 2 nitrogen and oxygen atoms in total. The van der Waals surface area contributed by atoms with Crippen LogP contribution in [0, 0.1) is 0 Å². The van der Waals surface area contributed by atoms with Gasteiger partial charge in [-0.15, -0.1) is 11.3 Å². The SMILES string of the molecule is CC(C)(C)c1cc2c(s1)CC(C)(c1ccon1)C2. The van der Waals surface area contributed by atoms with Crippen LogP contribution in [0.2, 0.25) is 0 Å². The van der Waals surface area contributed by atoms with Gasteiger partial charge in [0, 0.05) is 21.2 Å². The van der Waals surface area contributed by atoms with E-state index >= 15 is 0 Å². The van der Waals surface area contributed by atoms with Crippen LogP contribution in [0.1, 0.15) is 48.7 Å². The van der Waals surface area contributed by atoms with Crippen molar-refractivity contribution in [3.63, 3.8) is 0 Å². The summed E-state index contributed by atoms with van der Waals surface area (Å²) in [5.41, 5.74) is 2.99. The second-order valence-corrected chi connectivity index (χ2v) is 7.74. The number of hydrogen-bond donors (Lipinski definition) is 0. The lowest BCUT2D eigenvalue weighted by Gasteiger charge is -2.21. The summed E-state index contributed by atoms with van der Waals surface area (Å²) < 4.78 is 5.00. The van der Waals surface area contributed by atoms with Crippen molar-refractivity contribution in [2.24, 2.45) is 0 Å². The van der Waals surface area contributed by atoms with E-state index in [9.17, 15) is 0 Å². The fourth-order valence-corrected chi connectivity index (χ4v) is 4.10. The van der Waals surface area contributed by atoms with Crippen molar-refractivity contribution >= 4 is 11.3 Å². The zero-order chi connectivity index (χ0) is 13.0. The van der Waals surface area contributed by atoms with E-state index in [0.29, 0.717) is 0 Å². The third kappa shape index (κ3) is 1.81. The number of fused-ring (bicyclic) bond motifs is 1. The first kappa shape index (κ1) is 12.0. The average Bonchev–Trinajstić information content (AvgIpc) is 2.86. The van der Waals surface area contributed by atoms with E-state index in [0.717, 1.165) is 18.5 Å². The predicted molar refractivity (Wildman–Crippen MR) is 74.3 cm³/mol. The second-order valence-electron chi connectivity index (χ2n) is 6.61. The summed E-state index contributed by atoms with van der Waals surface area (Å²) in [4.78, 5) is 3.03. The molecule has 96 valence electrons. The highest BCUT2D eigenvalue weighted by atomic mass is 32.1. The van der Waals surface area contributed by atoms with Crippen molar-refractivity contribution in [2.75, 3.05) is 0 Å². The van der Waals surface area contributed by atoms with Crippen LogP contribution in [-0.4, -0.2) is 5.16 Å². The second kappa shape index (κ2) is 3.70. The van der Waals surface area contributed by atoms with Gasteiger partial charge in [0.2, 0.25) is 0 Å². The molecule has 0 spiro atoms. The van der Waals surface area contributed by atoms with Crippen LogP contribution < -0.4 is 0 Å². The summed E-state index contributed by atoms with van der Waals surface area (Å²) in [5.74, 6) is 0. The van der Waals surface area contributed by atoms with E-state index < -0.39 is 0 Å². The third-order valence-corrected chi connectivity index (χ3v) is 5.43. The van der Waals surface area contributed by atoms with Crippen LogP contribution in [0.25, 0.3) is 0 Å². The molecule has 0 saturated carbocycles. The number of thiophene rings is 1. The largest absolute Gasteiger partial charge is 0.364 e. The lowest BCUT2D eigenvalue weighted by Crippen LogP contribution is -2.23. The summed E-state index contributed by atoms with van der Waals surface area (Å²) in [7, 11) is 0. The Labute approximate surface area is 112 Å². The molecule has 0 N–H and O–H groups in total. The van der Waals surface area contributed by atoms with Crippen LogP contribution in [0.4, 0.5) is 0 Å². The minimum atomic E-state index is 0.130. The normalized spacial score (nSPS) is 23.3. The molecule has 1 atom stereocenters. The molecular formula is C15H19NOS. The molecule has 0 fully saturated rings. The van der Waals surface area contributed by atoms with Gasteiger partial charge in [0.15, 0.2) is 0 Å². The highest BCUT2D eigenvalue weighted by Gasteiger charge is 2.38. The van der Waals surface area contributed by atoms with Gasteiger partial charge in [-0.1, -0.05) is 32.9 Å². The van der Waals surface area contributed by atoms with Crippen LogP contribution >= 0.6 is 11.3 Å². The Morgan fingerprint density at radius 1 is 1.33 bits per heavy atom. The highest BCUT2D eigenvalue weighted by molar-refractivity contribution is 7.12. The predicted octanol–water partition coefficient (Wildman–Crippen LogP) is 4.09. The van der Waals surface area contributed by atoms with Gasteiger partial charge in [0.05, 0.1) is 5.69 Å². The van der Waals surface area contributed by atoms with Gasteiger partial charge in [-0.25, -0.2) is 0 Å². The number of nitrogens with zero attached hydrogens (tertiary/aromatic N) is 1. The fourth-order valence-electron chi connectivity index (χ4n) is 2.68. The van der Waals surface area contributed by atoms with Gasteiger partial charge >= 0.3 is 0 Å². The molecule has 18 heavy (non-hydrogen) atoms. The lowest BCUT2D eigenvalue weighted by molar-refractivity contribution is 0.380. The molecule has 0 saturated heterocycles. The summed E-state index contributed by atoms with van der Waals surface area (Å²) in [6, 6.07) is 4.40. The molecular weight excluding hydrogens is 242 g/mol. The van der Waals surface area contributed by atoms with Gasteiger partial charge in [-0.3, -0.25) is 0 Å². The Bertz CT molecular complexity index is 536. The maximum Gasteiger partial charge on any atom is 0.124 e. The summed E-state index contributed by atoms with van der Waals surface area (Å²) >= 11 is 1.97. The zero-order valence-corrected chi connectivity index (χ0v) is 12.2. The van der Waals surface area contributed by atoms with Crippen molar-refractivity contribution in [3.8, 4) is 0 Å². The smallest absolute Gasteiger partial charge is 0.124 e. The van der Waals surface area contributed by atoms with Gasteiger partial charge in [-0.05, 0) is 29.9 Å². The fraction of sp³-hybridized carbons (Fsp3) is 0.533. The van der Waals surface area contributed by atoms with Gasteiger partial charge in [0.1, 0.15) is 6.26 Å². The summed E-state index contributed by atoms with van der Waals surface area (Å²) in [5, 5.41) is 4.13. The van der Waals surface area contributed by atoms with Gasteiger partial charge in [0.25, 0.3) is 0 Å². The first-order valence-corrected chi connectivity index (χ1v) is 7.23. The van der Waals surface area contributed by atoms with Gasteiger partial charge < -0.3 is 4.52 Å². The number of hydrogen-bond acceptors (Lipinski definition) is 3. The lowest BCUT2D eigenvalue weighted by atomic mass is 9.84. The van der Waals surface area contributed by atoms with Crippen LogP contribution in [-0.2, 0) is 23.7 Å². The molecule has 1 aliphatic carbocycles. The number of aromatic nitrogens is 1. The molecule has 2 aromatic rings. The van der Waals surface area contributed by atoms with E-state index in [4.69, 9.17) is 4.52 Å². The van der Waals surface area contributed by atoms with E-state index in [-0.39, 0.29) is 10.8 Å². The Balaban J connectivity index is 1.92. The van der Waals surface area contributed by atoms with Crippen molar-refractivity contribution < 1.29 is 4.52 Å². The molecule has 2 heterocycles. The van der Waals surface area contributed by atoms with Crippen molar-refractivity contribution in [3.05, 3.63) is 39.4 Å². The third-order valence-electron chi connectivity index (χ3n) is 3.82. The van der Waals surface area contributed by atoms with Crippen molar-refractivity contribution in [2.45, 2.75) is 51.4 Å². The van der Waals surface area contributed by atoms with Crippen molar-refractivity contribution in [1.29, 1.82) is 0 Å². The maximum atomic E-state index is 5.00. The van der Waals surface area contributed by atoms with E-state index in [2.05, 4.69) is 38.9 Å². The minimum Gasteiger partial charge on any atom is -0.364 e. The Morgan fingerprint density at radius 2 is 2.11 bits per heavy atom. The van der Waals surface area contributed by atoms with Crippen LogP contribution in [0.5, 0.6) is 0 Å². The topological polar surface area (TPSA) is 26.0 Å². The van der Waals surface area contributed by atoms with Gasteiger partial charge in [-0.2, -0.15) is 0 Å². The molecule has 1 unspecified atom stereocenters. The average molecular weight is 261 g/mol. The highest BCUT2D eigenvalue weighted by Crippen LogP contribution is 2.44. The molecule has 3 heteroatoms. The molecule has 0 bridgehead atoms. The molecule has 1 aliphatic rings. The quantitative estimate of drug-likeness (QED) is 0.772. The first-order chi connectivity index (χ1) is 8.38. The first-order valence-electron chi connectivity index (χ1n) is 6.41. The van der Waals surface area contributed by atoms with E-state index in [1.54, 1.807) is 6.26 Å². The Kier molecular flexibility index (Phi) is 2.46. The standard InChI is InChI=1S/C15H19NOS/c1-14(2,3)13-7-10-8-15(4,9-11(10)18-13)12-5-6-17-16-12/h5-7H,8-9H2,1-4H3. The summed E-state index contributed by atoms with van der Waals surface area (Å²) in [6.45, 7) is 9.13. The Hall–Kier alpha value is -1.09. The summed E-state index contributed by atoms with van der Waals surface area (Å²) in [6.07, 6.45) is 3.85. The molecule has 0 aromatic carbocycles.